The van der Waals surface area contributed by atoms with Gasteiger partial charge in [0.05, 0.1) is 18.9 Å². The minimum absolute atomic E-state index is 0.0796. The van der Waals surface area contributed by atoms with Gasteiger partial charge in [0.15, 0.2) is 0 Å². The maximum absolute atomic E-state index is 13.3. The van der Waals surface area contributed by atoms with Crippen molar-refractivity contribution >= 4 is 11.7 Å². The Balaban J connectivity index is 1.58. The molecule has 2 aromatic rings. The number of aromatic nitrogens is 3. The number of amides is 1. The minimum atomic E-state index is 0.0796. The van der Waals surface area contributed by atoms with Gasteiger partial charge in [0.25, 0.3) is 5.91 Å². The summed E-state index contributed by atoms with van der Waals surface area (Å²) in [7, 11) is 0. The highest BCUT2D eigenvalue weighted by molar-refractivity contribution is 5.94. The summed E-state index contributed by atoms with van der Waals surface area (Å²) in [6, 6.07) is 2.10. The van der Waals surface area contributed by atoms with Gasteiger partial charge in [-0.3, -0.25) is 14.1 Å². The Bertz CT molecular complexity index is 753. The summed E-state index contributed by atoms with van der Waals surface area (Å²) in [4.78, 5) is 26.5. The van der Waals surface area contributed by atoms with Crippen LogP contribution in [0.3, 0.4) is 0 Å². The number of likely N-dealkylation sites (tertiary alicyclic amines) is 1. The second kappa shape index (κ2) is 7.09. The molecule has 4 heterocycles. The van der Waals surface area contributed by atoms with Crippen molar-refractivity contribution in [3.63, 3.8) is 0 Å². The van der Waals surface area contributed by atoms with Crippen molar-refractivity contribution < 1.29 is 9.53 Å². The molecule has 4 rings (SSSR count). The van der Waals surface area contributed by atoms with Gasteiger partial charge in [0.1, 0.15) is 5.69 Å². The van der Waals surface area contributed by atoms with E-state index in [2.05, 4.69) is 19.8 Å². The predicted molar refractivity (Wildman–Crippen MR) is 93.7 cm³/mol. The van der Waals surface area contributed by atoms with Crippen LogP contribution in [0.4, 0.5) is 0 Å². The van der Waals surface area contributed by atoms with Crippen molar-refractivity contribution in [1.29, 1.82) is 0 Å². The summed E-state index contributed by atoms with van der Waals surface area (Å²) in [5.41, 5.74) is 1.40. The number of imidazole rings is 1. The van der Waals surface area contributed by atoms with Crippen LogP contribution >= 0.6 is 0 Å². The number of piperidine rings is 1. The number of fused-ring (bicyclic) bond motifs is 1. The molecule has 0 aromatic carbocycles. The van der Waals surface area contributed by atoms with Crippen molar-refractivity contribution in [3.05, 3.63) is 29.8 Å². The molecule has 7 nitrogen and oxygen atoms in total. The van der Waals surface area contributed by atoms with E-state index in [-0.39, 0.29) is 11.9 Å². The molecular formula is C18H25N5O2. The molecule has 2 aromatic heterocycles. The molecule has 0 unspecified atom stereocenters. The summed E-state index contributed by atoms with van der Waals surface area (Å²) in [5, 5.41) is 0. The molecule has 2 fully saturated rings. The van der Waals surface area contributed by atoms with E-state index in [0.29, 0.717) is 11.5 Å². The number of nitrogens with zero attached hydrogens (tertiary/aromatic N) is 5. The number of ether oxygens (including phenoxy) is 1. The molecule has 0 spiro atoms. The molecule has 0 bridgehead atoms. The SMILES string of the molecule is Cc1nc2ncccn2c1C(=O)N1CCCC[C@@H]1CN1CCOCC1. The van der Waals surface area contributed by atoms with E-state index in [1.165, 1.54) is 6.42 Å². The van der Waals surface area contributed by atoms with Crippen LogP contribution in [-0.4, -0.2) is 75.5 Å². The Morgan fingerprint density at radius 1 is 1.28 bits per heavy atom. The fourth-order valence-corrected chi connectivity index (χ4v) is 3.93. The first-order valence-corrected chi connectivity index (χ1v) is 9.15. The Morgan fingerprint density at radius 3 is 2.96 bits per heavy atom. The molecule has 2 aliphatic heterocycles. The lowest BCUT2D eigenvalue weighted by molar-refractivity contribution is 0.0164. The van der Waals surface area contributed by atoms with E-state index in [4.69, 9.17) is 4.74 Å². The summed E-state index contributed by atoms with van der Waals surface area (Å²) >= 11 is 0. The normalized spacial score (nSPS) is 22.4. The Morgan fingerprint density at radius 2 is 2.12 bits per heavy atom. The van der Waals surface area contributed by atoms with Crippen LogP contribution in [0.25, 0.3) is 5.78 Å². The number of hydrogen-bond donors (Lipinski definition) is 0. The third kappa shape index (κ3) is 3.26. The monoisotopic (exact) mass is 343 g/mol. The molecule has 0 radical (unpaired) electrons. The average molecular weight is 343 g/mol. The summed E-state index contributed by atoms with van der Waals surface area (Å²) in [5.74, 6) is 0.668. The largest absolute Gasteiger partial charge is 0.379 e. The highest BCUT2D eigenvalue weighted by atomic mass is 16.5. The topological polar surface area (TPSA) is 63.0 Å². The van der Waals surface area contributed by atoms with Crippen molar-refractivity contribution in [1.82, 2.24) is 24.2 Å². The summed E-state index contributed by atoms with van der Waals surface area (Å²) < 4.78 is 7.26. The maximum Gasteiger partial charge on any atom is 0.273 e. The number of hydrogen-bond acceptors (Lipinski definition) is 5. The number of aryl methyl sites for hydroxylation is 1. The molecule has 25 heavy (non-hydrogen) atoms. The first-order chi connectivity index (χ1) is 12.2. The second-order valence-electron chi connectivity index (χ2n) is 6.90. The van der Waals surface area contributed by atoms with E-state index < -0.39 is 0 Å². The third-order valence-corrected chi connectivity index (χ3v) is 5.24. The van der Waals surface area contributed by atoms with Gasteiger partial charge in [-0.15, -0.1) is 0 Å². The molecule has 1 amide bonds. The van der Waals surface area contributed by atoms with E-state index in [9.17, 15) is 4.79 Å². The van der Waals surface area contributed by atoms with Crippen LogP contribution in [-0.2, 0) is 4.74 Å². The summed E-state index contributed by atoms with van der Waals surface area (Å²) in [6.07, 6.45) is 6.90. The molecular weight excluding hydrogens is 318 g/mol. The first-order valence-electron chi connectivity index (χ1n) is 9.15. The lowest BCUT2D eigenvalue weighted by atomic mass is 10.0. The van der Waals surface area contributed by atoms with Crippen LogP contribution in [0, 0.1) is 6.92 Å². The van der Waals surface area contributed by atoms with Crippen molar-refractivity contribution in [2.24, 2.45) is 0 Å². The van der Waals surface area contributed by atoms with Crippen molar-refractivity contribution in [3.8, 4) is 0 Å². The number of carbonyl (C=O) groups is 1. The molecule has 2 saturated heterocycles. The van der Waals surface area contributed by atoms with Crippen LogP contribution in [0.5, 0.6) is 0 Å². The van der Waals surface area contributed by atoms with Gasteiger partial charge in [-0.25, -0.2) is 9.97 Å². The lowest BCUT2D eigenvalue weighted by Crippen LogP contribution is -2.51. The van der Waals surface area contributed by atoms with E-state index in [0.717, 1.165) is 57.9 Å². The van der Waals surface area contributed by atoms with E-state index >= 15 is 0 Å². The van der Waals surface area contributed by atoms with Gasteiger partial charge in [-0.1, -0.05) is 0 Å². The molecule has 0 N–H and O–H groups in total. The van der Waals surface area contributed by atoms with Gasteiger partial charge < -0.3 is 9.64 Å². The maximum atomic E-state index is 13.3. The minimum Gasteiger partial charge on any atom is -0.379 e. The van der Waals surface area contributed by atoms with Crippen LogP contribution in [0.1, 0.15) is 35.4 Å². The van der Waals surface area contributed by atoms with Crippen LogP contribution < -0.4 is 0 Å². The molecule has 0 saturated carbocycles. The molecule has 0 aliphatic carbocycles. The van der Waals surface area contributed by atoms with Crippen LogP contribution in [0.15, 0.2) is 18.5 Å². The highest BCUT2D eigenvalue weighted by Crippen LogP contribution is 2.22. The van der Waals surface area contributed by atoms with Gasteiger partial charge in [-0.2, -0.15) is 0 Å². The Kier molecular flexibility index (Phi) is 4.67. The van der Waals surface area contributed by atoms with Crippen LogP contribution in [0.2, 0.25) is 0 Å². The van der Waals surface area contributed by atoms with Gasteiger partial charge in [0.2, 0.25) is 5.78 Å². The number of morpholine rings is 1. The number of carbonyl (C=O) groups excluding carboxylic acids is 1. The Hall–Kier alpha value is -1.99. The molecule has 2 aliphatic rings. The van der Waals surface area contributed by atoms with E-state index in [1.807, 2.05) is 23.6 Å². The fourth-order valence-electron chi connectivity index (χ4n) is 3.93. The Labute approximate surface area is 147 Å². The molecule has 1 atom stereocenters. The van der Waals surface area contributed by atoms with Gasteiger partial charge in [0, 0.05) is 44.6 Å². The number of rotatable bonds is 3. The standard InChI is InChI=1S/C18H25N5O2/c1-14-16(23-8-4-6-19-18(23)20-14)17(24)22-7-3-2-5-15(22)13-21-9-11-25-12-10-21/h4,6,8,15H,2-3,5,7,9-13H2,1H3/t15-/m1/s1. The van der Waals surface area contributed by atoms with Crippen molar-refractivity contribution in [2.45, 2.75) is 32.2 Å². The first kappa shape index (κ1) is 16.5. The van der Waals surface area contributed by atoms with Gasteiger partial charge in [-0.05, 0) is 32.3 Å². The summed E-state index contributed by atoms with van der Waals surface area (Å²) in [6.45, 7) is 7.14. The highest BCUT2D eigenvalue weighted by Gasteiger charge is 2.32. The second-order valence-corrected chi connectivity index (χ2v) is 6.90. The zero-order valence-corrected chi connectivity index (χ0v) is 14.7. The molecule has 134 valence electrons. The average Bonchev–Trinajstić information content (AvgIpc) is 2.98. The zero-order valence-electron chi connectivity index (χ0n) is 14.7. The molecule has 7 heteroatoms. The van der Waals surface area contributed by atoms with E-state index in [1.54, 1.807) is 6.20 Å². The predicted octanol–water partition coefficient (Wildman–Crippen LogP) is 1.36. The van der Waals surface area contributed by atoms with Gasteiger partial charge >= 0.3 is 0 Å². The third-order valence-electron chi connectivity index (χ3n) is 5.24. The quantitative estimate of drug-likeness (QED) is 0.842. The fraction of sp³-hybridized carbons (Fsp3) is 0.611. The smallest absolute Gasteiger partial charge is 0.273 e. The zero-order chi connectivity index (χ0) is 17.2. The lowest BCUT2D eigenvalue weighted by Gasteiger charge is -2.39. The van der Waals surface area contributed by atoms with Crippen molar-refractivity contribution in [2.75, 3.05) is 39.4 Å².